The van der Waals surface area contributed by atoms with E-state index in [9.17, 15) is 27.9 Å². The van der Waals surface area contributed by atoms with Crippen molar-refractivity contribution in [3.8, 4) is 0 Å². The first kappa shape index (κ1) is 30.4. The third kappa shape index (κ3) is 13.5. The predicted octanol–water partition coefficient (Wildman–Crippen LogP) is 4.23. The number of rotatable bonds is 11. The van der Waals surface area contributed by atoms with Crippen LogP contribution in [0.1, 0.15) is 31.2 Å². The molecular weight excluding hydrogens is 461 g/mol. The number of nitrogens with two attached hydrogens (primary N) is 1. The zero-order chi connectivity index (χ0) is 25.7. The van der Waals surface area contributed by atoms with Crippen molar-refractivity contribution in [3.63, 3.8) is 0 Å². The quantitative estimate of drug-likeness (QED) is 0.267. The molecule has 0 aliphatic carbocycles. The molecular formula is C21H33F3N2O6Si. The smallest absolute Gasteiger partial charge is 0.480 e. The maximum absolute atomic E-state index is 12.3. The van der Waals surface area contributed by atoms with Crippen LogP contribution in [0.4, 0.5) is 18.0 Å². The van der Waals surface area contributed by atoms with Crippen LogP contribution in [0, 0.1) is 0 Å². The highest BCUT2D eigenvalue weighted by Crippen LogP contribution is 2.26. The molecule has 1 atom stereocenters. The Balaban J connectivity index is 0.00000126. The first-order valence-corrected chi connectivity index (χ1v) is 14.1. The van der Waals surface area contributed by atoms with E-state index in [-0.39, 0.29) is 6.61 Å². The molecule has 0 aromatic heterocycles. The van der Waals surface area contributed by atoms with Crippen molar-refractivity contribution < 1.29 is 42.5 Å². The van der Waals surface area contributed by atoms with E-state index in [1.165, 1.54) is 0 Å². The van der Waals surface area contributed by atoms with Gasteiger partial charge in [0.15, 0.2) is 0 Å². The number of hydrogen-bond donors (Lipinski definition) is 4. The third-order valence-corrected chi connectivity index (χ3v) is 6.32. The zero-order valence-corrected chi connectivity index (χ0v) is 20.1. The lowest BCUT2D eigenvalue weighted by atomic mass is 9.89. The lowest BCUT2D eigenvalue weighted by molar-refractivity contribution is -0.192. The Labute approximate surface area is 192 Å². The van der Waals surface area contributed by atoms with E-state index in [1.54, 1.807) is 0 Å². The van der Waals surface area contributed by atoms with Gasteiger partial charge in [-0.3, -0.25) is 0 Å². The van der Waals surface area contributed by atoms with E-state index in [4.69, 9.17) is 20.4 Å². The molecule has 188 valence electrons. The van der Waals surface area contributed by atoms with E-state index in [1.807, 2.05) is 30.3 Å². The maximum Gasteiger partial charge on any atom is 0.490 e. The number of carbonyl (C=O) groups excluding carboxylic acids is 1. The predicted molar refractivity (Wildman–Crippen MR) is 119 cm³/mol. The number of ether oxygens (including phenoxy) is 1. The normalized spacial score (nSPS) is 13.2. The highest BCUT2D eigenvalue weighted by molar-refractivity contribution is 6.76. The molecule has 8 nitrogen and oxygen atoms in total. The Hall–Kier alpha value is -2.60. The third-order valence-electron chi connectivity index (χ3n) is 4.57. The summed E-state index contributed by atoms with van der Waals surface area (Å²) >= 11 is 0. The van der Waals surface area contributed by atoms with Crippen molar-refractivity contribution in [2.45, 2.75) is 69.7 Å². The van der Waals surface area contributed by atoms with Gasteiger partial charge in [0.1, 0.15) is 12.1 Å². The molecule has 12 heteroatoms. The van der Waals surface area contributed by atoms with Crippen LogP contribution in [0.5, 0.6) is 0 Å². The molecule has 1 rings (SSSR count). The molecule has 0 aliphatic rings. The molecule has 0 bridgehead atoms. The molecule has 0 saturated carbocycles. The lowest BCUT2D eigenvalue weighted by Gasteiger charge is -2.32. The van der Waals surface area contributed by atoms with Crippen molar-refractivity contribution in [2.75, 3.05) is 6.54 Å². The van der Waals surface area contributed by atoms with Crippen molar-refractivity contribution in [2.24, 2.45) is 5.73 Å². The topological polar surface area (TPSA) is 139 Å². The first-order valence-electron chi connectivity index (χ1n) is 10.4. The van der Waals surface area contributed by atoms with Crippen molar-refractivity contribution in [1.29, 1.82) is 0 Å². The van der Waals surface area contributed by atoms with Crippen molar-refractivity contribution in [1.82, 2.24) is 5.32 Å². The number of hydrogen-bond acceptors (Lipinski definition) is 5. The molecule has 0 fully saturated rings. The van der Waals surface area contributed by atoms with Gasteiger partial charge in [0.25, 0.3) is 0 Å². The highest BCUT2D eigenvalue weighted by Gasteiger charge is 2.41. The van der Waals surface area contributed by atoms with Crippen LogP contribution in [0.15, 0.2) is 30.3 Å². The van der Waals surface area contributed by atoms with Gasteiger partial charge in [0, 0.05) is 8.07 Å². The summed E-state index contributed by atoms with van der Waals surface area (Å²) in [5, 5.41) is 19.6. The van der Waals surface area contributed by atoms with E-state index in [0.717, 1.165) is 18.0 Å². The van der Waals surface area contributed by atoms with Gasteiger partial charge in [0.05, 0.1) is 0 Å². The number of aliphatic carboxylic acids is 2. The summed E-state index contributed by atoms with van der Waals surface area (Å²) in [5.41, 5.74) is 5.09. The zero-order valence-electron chi connectivity index (χ0n) is 19.1. The van der Waals surface area contributed by atoms with Gasteiger partial charge in [-0.1, -0.05) is 56.0 Å². The van der Waals surface area contributed by atoms with Crippen LogP contribution in [0.2, 0.25) is 25.7 Å². The number of amides is 1. The molecule has 1 aromatic rings. The van der Waals surface area contributed by atoms with Gasteiger partial charge in [0.2, 0.25) is 0 Å². The van der Waals surface area contributed by atoms with E-state index < -0.39 is 37.8 Å². The van der Waals surface area contributed by atoms with Gasteiger partial charge in [-0.05, 0) is 37.8 Å². The maximum atomic E-state index is 12.3. The Morgan fingerprint density at radius 2 is 1.55 bits per heavy atom. The monoisotopic (exact) mass is 494 g/mol. The fourth-order valence-electron chi connectivity index (χ4n) is 2.63. The number of carboxylic acids is 2. The molecule has 0 unspecified atom stereocenters. The summed E-state index contributed by atoms with van der Waals surface area (Å²) in [7, 11) is -1.46. The summed E-state index contributed by atoms with van der Waals surface area (Å²) < 4.78 is 37.0. The Kier molecular flexibility index (Phi) is 12.7. The number of benzene rings is 1. The molecule has 33 heavy (non-hydrogen) atoms. The molecule has 1 aromatic carbocycles. The summed E-state index contributed by atoms with van der Waals surface area (Å²) in [6, 6.07) is 10.1. The van der Waals surface area contributed by atoms with Gasteiger partial charge < -0.3 is 26.0 Å². The minimum absolute atomic E-state index is 0.110. The van der Waals surface area contributed by atoms with Crippen LogP contribution >= 0.6 is 0 Å². The number of carbonyl (C=O) groups is 3. The number of alkyl carbamates (subject to hydrolysis) is 1. The Morgan fingerprint density at radius 1 is 1.00 bits per heavy atom. The SMILES string of the molecule is C[Si](C)(C)CC[C@@](CCCCN)(NC(=O)OCc1ccccc1)C(=O)O.O=C(O)C(F)(F)F. The molecule has 0 saturated heterocycles. The van der Waals surface area contributed by atoms with E-state index in [0.29, 0.717) is 25.8 Å². The van der Waals surface area contributed by atoms with Crippen LogP contribution in [0.3, 0.4) is 0 Å². The molecule has 0 heterocycles. The number of carboxylic acid groups (broad SMARTS) is 2. The number of nitrogens with one attached hydrogen (secondary N) is 1. The molecule has 0 aliphatic heterocycles. The first-order chi connectivity index (χ1) is 15.1. The average molecular weight is 495 g/mol. The summed E-state index contributed by atoms with van der Waals surface area (Å²) in [5.74, 6) is -3.77. The van der Waals surface area contributed by atoms with Gasteiger partial charge in [-0.2, -0.15) is 13.2 Å². The summed E-state index contributed by atoms with van der Waals surface area (Å²) in [6.45, 7) is 7.18. The minimum Gasteiger partial charge on any atom is -0.480 e. The van der Waals surface area contributed by atoms with Crippen molar-refractivity contribution >= 4 is 26.1 Å². The summed E-state index contributed by atoms with van der Waals surface area (Å²) in [6.07, 6.45) is -3.65. The minimum atomic E-state index is -5.08. The van der Waals surface area contributed by atoms with Crippen LogP contribution < -0.4 is 11.1 Å². The Bertz CT molecular complexity index is 757. The summed E-state index contributed by atoms with van der Waals surface area (Å²) in [4.78, 5) is 33.2. The highest BCUT2D eigenvalue weighted by atomic mass is 28.3. The second kappa shape index (κ2) is 13.8. The second-order valence-corrected chi connectivity index (χ2v) is 14.3. The average Bonchev–Trinajstić information content (AvgIpc) is 2.70. The van der Waals surface area contributed by atoms with E-state index >= 15 is 0 Å². The van der Waals surface area contributed by atoms with Gasteiger partial charge in [-0.25, -0.2) is 14.4 Å². The standard InChI is InChI=1S/C19H32N2O4Si.C2HF3O2/c1-26(2,3)14-12-19(17(22)23,11-7-8-13-20)21-18(24)25-15-16-9-5-4-6-10-16;3-2(4,5)1(6)7/h4-6,9-10H,7-8,11-15,20H2,1-3H3,(H,21,24)(H,22,23);(H,6,7)/t19-;/m1./s1. The second-order valence-electron chi connectivity index (χ2n) is 8.68. The van der Waals surface area contributed by atoms with Crippen LogP contribution in [-0.2, 0) is 20.9 Å². The fraction of sp³-hybridized carbons (Fsp3) is 0.571. The molecule has 0 spiro atoms. The van der Waals surface area contributed by atoms with Crippen molar-refractivity contribution in [3.05, 3.63) is 35.9 Å². The fourth-order valence-corrected chi connectivity index (χ4v) is 3.81. The Morgan fingerprint density at radius 3 is 1.97 bits per heavy atom. The van der Waals surface area contributed by atoms with Gasteiger partial charge >= 0.3 is 24.2 Å². The largest absolute Gasteiger partial charge is 0.490 e. The molecule has 1 amide bonds. The molecule has 5 N–H and O–H groups in total. The lowest BCUT2D eigenvalue weighted by Crippen LogP contribution is -2.55. The number of unbranched alkanes of at least 4 members (excludes halogenated alkanes) is 1. The van der Waals surface area contributed by atoms with Gasteiger partial charge in [-0.15, -0.1) is 0 Å². The number of alkyl halides is 3. The van der Waals surface area contributed by atoms with E-state index in [2.05, 4.69) is 25.0 Å². The van der Waals surface area contributed by atoms with Crippen LogP contribution in [-0.4, -0.2) is 54.6 Å². The number of halogens is 3. The molecule has 0 radical (unpaired) electrons. The van der Waals surface area contributed by atoms with Crippen LogP contribution in [0.25, 0.3) is 0 Å².